The van der Waals surface area contributed by atoms with E-state index in [-0.39, 0.29) is 30.8 Å². The fraction of sp³-hybridized carbons (Fsp3) is 0.667. The zero-order valence-electron chi connectivity index (χ0n) is 20.0. The number of benzene rings is 1. The van der Waals surface area contributed by atoms with Gasteiger partial charge in [-0.15, -0.1) is 0 Å². The van der Waals surface area contributed by atoms with Crippen LogP contribution in [-0.4, -0.2) is 62.1 Å². The number of carbonyl (C=O) groups is 2. The Morgan fingerprint density at radius 3 is 2.42 bits per heavy atom. The highest BCUT2D eigenvalue weighted by molar-refractivity contribution is 7.89. The Kier molecular flexibility index (Phi) is 8.39. The Labute approximate surface area is 197 Å². The minimum absolute atomic E-state index is 0.0203. The van der Waals surface area contributed by atoms with Crippen molar-refractivity contribution in [3.8, 4) is 5.75 Å². The highest BCUT2D eigenvalue weighted by Gasteiger charge is 2.51. The highest BCUT2D eigenvalue weighted by atomic mass is 32.2. The van der Waals surface area contributed by atoms with Gasteiger partial charge in [-0.3, -0.25) is 14.5 Å². The number of methoxy groups -OCH3 is 1. The number of hydrogen-bond donors (Lipinski definition) is 1. The van der Waals surface area contributed by atoms with Crippen molar-refractivity contribution in [1.29, 1.82) is 0 Å². The summed E-state index contributed by atoms with van der Waals surface area (Å²) >= 11 is 0. The summed E-state index contributed by atoms with van der Waals surface area (Å²) in [6.07, 6.45) is 7.84. The van der Waals surface area contributed by atoms with E-state index in [1.165, 1.54) is 22.7 Å². The van der Waals surface area contributed by atoms with Gasteiger partial charge in [-0.25, -0.2) is 8.42 Å². The largest absolute Gasteiger partial charge is 0.495 e. The van der Waals surface area contributed by atoms with E-state index in [1.54, 1.807) is 38.1 Å². The highest BCUT2D eigenvalue weighted by Crippen LogP contribution is 2.37. The predicted octanol–water partition coefficient (Wildman–Crippen LogP) is 3.07. The van der Waals surface area contributed by atoms with Gasteiger partial charge in [0.25, 0.3) is 0 Å². The number of nitrogens with zero attached hydrogens (tertiary/aromatic N) is 2. The molecule has 8 nitrogen and oxygen atoms in total. The first kappa shape index (κ1) is 25.5. The normalized spacial score (nSPS) is 23.6. The average Bonchev–Trinajstić information content (AvgIpc) is 2.75. The van der Waals surface area contributed by atoms with Crippen LogP contribution >= 0.6 is 0 Å². The first-order valence-electron chi connectivity index (χ1n) is 12.0. The molecule has 1 heterocycles. The van der Waals surface area contributed by atoms with Crippen molar-refractivity contribution < 1.29 is 22.7 Å². The number of sulfonamides is 1. The molecule has 1 saturated heterocycles. The van der Waals surface area contributed by atoms with Crippen LogP contribution in [0, 0.1) is 0 Å². The molecule has 0 bridgehead atoms. The number of para-hydroxylation sites is 2. The van der Waals surface area contributed by atoms with Gasteiger partial charge in [0.05, 0.1) is 25.1 Å². The van der Waals surface area contributed by atoms with Gasteiger partial charge >= 0.3 is 0 Å². The lowest BCUT2D eigenvalue weighted by Gasteiger charge is -2.47. The number of nitrogens with one attached hydrogen (secondary N) is 1. The molecule has 2 amide bonds. The van der Waals surface area contributed by atoms with Crippen molar-refractivity contribution in [2.45, 2.75) is 76.8 Å². The van der Waals surface area contributed by atoms with E-state index in [2.05, 4.69) is 5.32 Å². The number of ether oxygens (including phenoxy) is 1. The molecule has 0 radical (unpaired) electrons. The van der Waals surface area contributed by atoms with Crippen molar-refractivity contribution in [1.82, 2.24) is 9.62 Å². The molecule has 1 atom stereocenters. The smallest absolute Gasteiger partial charge is 0.247 e. The molecule has 1 aromatic carbocycles. The first-order valence-corrected chi connectivity index (χ1v) is 13.6. The summed E-state index contributed by atoms with van der Waals surface area (Å²) in [5.74, 6) is -0.375. The number of hydrogen-bond acceptors (Lipinski definition) is 5. The van der Waals surface area contributed by atoms with Gasteiger partial charge in [-0.2, -0.15) is 4.31 Å². The first-order chi connectivity index (χ1) is 15.7. The molecule has 1 aliphatic carbocycles. The van der Waals surface area contributed by atoms with E-state index in [1.807, 2.05) is 0 Å². The van der Waals surface area contributed by atoms with Gasteiger partial charge in [0.2, 0.25) is 21.8 Å². The summed E-state index contributed by atoms with van der Waals surface area (Å²) in [4.78, 5) is 28.6. The summed E-state index contributed by atoms with van der Waals surface area (Å²) in [5.41, 5.74) is -0.944. The van der Waals surface area contributed by atoms with Gasteiger partial charge in [-0.1, -0.05) is 51.2 Å². The fourth-order valence-corrected chi connectivity index (χ4v) is 6.41. The number of rotatable bonds is 7. The lowest BCUT2D eigenvalue weighted by Crippen LogP contribution is -2.71. The molecule has 1 saturated carbocycles. The molecule has 2 fully saturated rings. The van der Waals surface area contributed by atoms with Crippen molar-refractivity contribution in [2.75, 3.05) is 30.9 Å². The molecule has 1 aromatic rings. The topological polar surface area (TPSA) is 96.0 Å². The molecule has 184 valence electrons. The van der Waals surface area contributed by atoms with Gasteiger partial charge in [0.1, 0.15) is 11.3 Å². The molecule has 3 rings (SSSR count). The van der Waals surface area contributed by atoms with Crippen LogP contribution in [0.5, 0.6) is 5.75 Å². The summed E-state index contributed by atoms with van der Waals surface area (Å²) in [7, 11) is -2.15. The second kappa shape index (κ2) is 10.9. The number of carbonyl (C=O) groups excluding carboxylic acids is 2. The minimum atomic E-state index is -3.66. The molecule has 2 aliphatic rings. The second-order valence-electron chi connectivity index (χ2n) is 9.27. The van der Waals surface area contributed by atoms with Gasteiger partial charge in [-0.05, 0) is 38.3 Å². The standard InChI is InChI=1S/C24H37N3O5S/c1-4-16-33(30,31)26-17-22(28)27(20-14-10-11-15-21(20)32-3)24(2,18-26)23(29)25-19-12-8-6-5-7-9-13-19/h10-11,14-15,19H,4-9,12-13,16-18H2,1-3H3,(H,25,29). The molecule has 1 N–H and O–H groups in total. The second-order valence-corrected chi connectivity index (χ2v) is 11.4. The predicted molar refractivity (Wildman–Crippen MR) is 129 cm³/mol. The zero-order valence-corrected chi connectivity index (χ0v) is 20.8. The molecule has 33 heavy (non-hydrogen) atoms. The third-order valence-corrected chi connectivity index (χ3v) is 8.62. The van der Waals surface area contributed by atoms with E-state index in [9.17, 15) is 18.0 Å². The number of anilines is 1. The van der Waals surface area contributed by atoms with E-state index in [4.69, 9.17) is 4.74 Å². The lowest BCUT2D eigenvalue weighted by atomic mass is 9.92. The molecule has 0 spiro atoms. The number of amides is 2. The Hall–Kier alpha value is -2.13. The molecule has 1 aliphatic heterocycles. The average molecular weight is 480 g/mol. The monoisotopic (exact) mass is 479 g/mol. The fourth-order valence-electron chi connectivity index (χ4n) is 4.88. The molecular weight excluding hydrogens is 442 g/mol. The van der Waals surface area contributed by atoms with Crippen molar-refractivity contribution >= 4 is 27.5 Å². The maximum Gasteiger partial charge on any atom is 0.247 e. The third-order valence-electron chi connectivity index (χ3n) is 6.65. The Morgan fingerprint density at radius 1 is 1.15 bits per heavy atom. The van der Waals surface area contributed by atoms with Crippen LogP contribution in [0.2, 0.25) is 0 Å². The molecule has 1 unspecified atom stereocenters. The maximum atomic E-state index is 13.8. The molecule has 9 heteroatoms. The van der Waals surface area contributed by atoms with Crippen LogP contribution in [-0.2, 0) is 19.6 Å². The van der Waals surface area contributed by atoms with E-state index >= 15 is 0 Å². The Balaban J connectivity index is 1.98. The van der Waals surface area contributed by atoms with Gasteiger partial charge in [0, 0.05) is 12.6 Å². The Bertz CT molecular complexity index is 943. The van der Waals surface area contributed by atoms with Crippen LogP contribution in [0.1, 0.15) is 65.2 Å². The van der Waals surface area contributed by atoms with Gasteiger partial charge in [0.15, 0.2) is 0 Å². The number of piperazine rings is 1. The third kappa shape index (κ3) is 5.69. The molecule has 0 aromatic heterocycles. The summed E-state index contributed by atoms with van der Waals surface area (Å²) in [5, 5.41) is 3.16. The van der Waals surface area contributed by atoms with Crippen molar-refractivity contribution in [2.24, 2.45) is 0 Å². The van der Waals surface area contributed by atoms with Crippen molar-refractivity contribution in [3.05, 3.63) is 24.3 Å². The Morgan fingerprint density at radius 2 is 1.79 bits per heavy atom. The summed E-state index contributed by atoms with van der Waals surface area (Å²) in [6.45, 7) is 3.04. The summed E-state index contributed by atoms with van der Waals surface area (Å²) in [6, 6.07) is 7.05. The van der Waals surface area contributed by atoms with Crippen molar-refractivity contribution in [3.63, 3.8) is 0 Å². The maximum absolute atomic E-state index is 13.8. The SMILES string of the molecule is CCCS(=O)(=O)N1CC(=O)N(c2ccccc2OC)C(C)(C(=O)NC2CCCCCCC2)C1. The van der Waals surface area contributed by atoms with Crippen LogP contribution in [0.25, 0.3) is 0 Å². The van der Waals surface area contributed by atoms with E-state index in [0.29, 0.717) is 17.9 Å². The quantitative estimate of drug-likeness (QED) is 0.648. The van der Waals surface area contributed by atoms with Gasteiger partial charge < -0.3 is 10.1 Å². The molecular formula is C24H37N3O5S. The zero-order chi connectivity index (χ0) is 24.1. The van der Waals surface area contributed by atoms with Crippen LogP contribution in [0.4, 0.5) is 5.69 Å². The van der Waals surface area contributed by atoms with E-state index < -0.39 is 21.5 Å². The van der Waals surface area contributed by atoms with E-state index in [0.717, 1.165) is 38.5 Å². The van der Waals surface area contributed by atoms with Crippen LogP contribution in [0.15, 0.2) is 24.3 Å². The minimum Gasteiger partial charge on any atom is -0.495 e. The summed E-state index contributed by atoms with van der Waals surface area (Å²) < 4.78 is 32.4. The van der Waals surface area contributed by atoms with Crippen LogP contribution in [0.3, 0.4) is 0 Å². The van der Waals surface area contributed by atoms with Crippen LogP contribution < -0.4 is 15.0 Å². The lowest BCUT2D eigenvalue weighted by molar-refractivity contribution is -0.133.